The number of rotatable bonds is 3. The number of thiophene rings is 1. The predicted molar refractivity (Wildman–Crippen MR) is 69.6 cm³/mol. The van der Waals surface area contributed by atoms with Crippen molar-refractivity contribution in [3.63, 3.8) is 0 Å². The van der Waals surface area contributed by atoms with Crippen LogP contribution in [0.3, 0.4) is 0 Å². The minimum Gasteiger partial charge on any atom is -0.289 e. The van der Waals surface area contributed by atoms with Gasteiger partial charge in [0, 0.05) is 32.7 Å². The lowest BCUT2D eigenvalue weighted by molar-refractivity contribution is 0.104. The third-order valence-electron chi connectivity index (χ3n) is 1.93. The maximum Gasteiger partial charge on any atom is 0.187 e. The maximum atomic E-state index is 11.7. The predicted octanol–water partition coefficient (Wildman–Crippen LogP) is 3.80. The van der Waals surface area contributed by atoms with Gasteiger partial charge >= 0.3 is 0 Å². The molecule has 0 amide bonds. The van der Waals surface area contributed by atoms with E-state index < -0.39 is 0 Å². The number of nitrogens with zero attached hydrogens (tertiary/aromatic N) is 1. The Kier molecular flexibility index (Phi) is 3.64. The van der Waals surface area contributed by atoms with E-state index in [1.165, 1.54) is 0 Å². The molecule has 0 fully saturated rings. The first kappa shape index (κ1) is 11.2. The van der Waals surface area contributed by atoms with E-state index in [1.54, 1.807) is 41.9 Å². The van der Waals surface area contributed by atoms with E-state index in [1.807, 2.05) is 17.5 Å². The van der Waals surface area contributed by atoms with Crippen LogP contribution in [0, 0.1) is 0 Å². The lowest BCUT2D eigenvalue weighted by atomic mass is 10.2. The fraction of sp³-hybridized carbons (Fsp3) is 0. The average molecular weight is 294 g/mol. The molecule has 0 bridgehead atoms. The summed E-state index contributed by atoms with van der Waals surface area (Å²) in [4.78, 5) is 16.6. The van der Waals surface area contributed by atoms with Crippen LogP contribution in [0.4, 0.5) is 0 Å². The van der Waals surface area contributed by atoms with Crippen molar-refractivity contribution in [1.82, 2.24) is 4.98 Å². The van der Waals surface area contributed by atoms with Crippen LogP contribution >= 0.6 is 27.3 Å². The van der Waals surface area contributed by atoms with Crippen molar-refractivity contribution in [2.24, 2.45) is 0 Å². The van der Waals surface area contributed by atoms with Gasteiger partial charge in [-0.2, -0.15) is 0 Å². The monoisotopic (exact) mass is 293 g/mol. The molecule has 2 rings (SSSR count). The molecule has 0 aliphatic rings. The number of carbonyl (C=O) groups excluding carboxylic acids is 1. The van der Waals surface area contributed by atoms with Gasteiger partial charge in [-0.25, -0.2) is 0 Å². The summed E-state index contributed by atoms with van der Waals surface area (Å²) >= 11 is 4.95. The second kappa shape index (κ2) is 5.18. The Labute approximate surface area is 106 Å². The van der Waals surface area contributed by atoms with E-state index in [4.69, 9.17) is 0 Å². The molecule has 0 aliphatic heterocycles. The zero-order valence-corrected chi connectivity index (χ0v) is 10.7. The van der Waals surface area contributed by atoms with Crippen molar-refractivity contribution >= 4 is 39.1 Å². The van der Waals surface area contributed by atoms with Crippen LogP contribution in [0.15, 0.2) is 46.5 Å². The average Bonchev–Trinajstić information content (AvgIpc) is 2.73. The van der Waals surface area contributed by atoms with Crippen molar-refractivity contribution in [1.29, 1.82) is 0 Å². The van der Waals surface area contributed by atoms with E-state index >= 15 is 0 Å². The maximum absolute atomic E-state index is 11.7. The first-order valence-electron chi connectivity index (χ1n) is 4.62. The molecule has 0 atom stereocenters. The topological polar surface area (TPSA) is 30.0 Å². The Bertz CT molecular complexity index is 519. The quantitative estimate of drug-likeness (QED) is 0.636. The third kappa shape index (κ3) is 2.87. The standard InChI is InChI=1S/C12H8BrNOS/c13-10-6-11(16-8-10)3-4-12(15)9-2-1-5-14-7-9/h1-8H/b4-3-. The first-order chi connectivity index (χ1) is 7.75. The molecule has 2 heterocycles. The smallest absolute Gasteiger partial charge is 0.187 e. The van der Waals surface area contributed by atoms with Crippen molar-refractivity contribution in [2.75, 3.05) is 0 Å². The van der Waals surface area contributed by atoms with E-state index in [0.717, 1.165) is 9.35 Å². The minimum atomic E-state index is -0.0300. The van der Waals surface area contributed by atoms with Gasteiger partial charge in [0.15, 0.2) is 5.78 Å². The van der Waals surface area contributed by atoms with Crippen LogP contribution < -0.4 is 0 Å². The molecular formula is C12H8BrNOS. The molecule has 0 aliphatic carbocycles. The Morgan fingerprint density at radius 2 is 2.38 bits per heavy atom. The van der Waals surface area contributed by atoms with Crippen LogP contribution in [-0.4, -0.2) is 10.8 Å². The van der Waals surface area contributed by atoms with Crippen molar-refractivity contribution in [2.45, 2.75) is 0 Å². The van der Waals surface area contributed by atoms with E-state index in [9.17, 15) is 4.79 Å². The number of aromatic nitrogens is 1. The van der Waals surface area contributed by atoms with Crippen LogP contribution in [0.2, 0.25) is 0 Å². The number of halogens is 1. The molecule has 0 radical (unpaired) electrons. The lowest BCUT2D eigenvalue weighted by Gasteiger charge is -1.92. The highest BCUT2D eigenvalue weighted by molar-refractivity contribution is 9.10. The van der Waals surface area contributed by atoms with Gasteiger partial charge in [0.2, 0.25) is 0 Å². The number of carbonyl (C=O) groups is 1. The van der Waals surface area contributed by atoms with Gasteiger partial charge in [-0.15, -0.1) is 11.3 Å². The normalized spacial score (nSPS) is 10.8. The summed E-state index contributed by atoms with van der Waals surface area (Å²) in [7, 11) is 0. The zero-order chi connectivity index (χ0) is 11.4. The molecule has 0 unspecified atom stereocenters. The Hall–Kier alpha value is -1.26. The number of hydrogen-bond donors (Lipinski definition) is 0. The minimum absolute atomic E-state index is 0.0300. The SMILES string of the molecule is O=C(/C=C\c1cc(Br)cs1)c1cccnc1. The molecule has 16 heavy (non-hydrogen) atoms. The van der Waals surface area contributed by atoms with E-state index in [2.05, 4.69) is 20.9 Å². The van der Waals surface area contributed by atoms with Crippen LogP contribution in [-0.2, 0) is 0 Å². The number of allylic oxidation sites excluding steroid dienone is 1. The lowest BCUT2D eigenvalue weighted by Crippen LogP contribution is -1.93. The molecule has 2 nitrogen and oxygen atoms in total. The van der Waals surface area contributed by atoms with E-state index in [-0.39, 0.29) is 5.78 Å². The molecule has 0 saturated carbocycles. The molecule has 4 heteroatoms. The molecule has 2 aromatic rings. The summed E-state index contributed by atoms with van der Waals surface area (Å²) in [5.74, 6) is -0.0300. The molecule has 0 saturated heterocycles. The summed E-state index contributed by atoms with van der Waals surface area (Å²) < 4.78 is 1.03. The van der Waals surface area contributed by atoms with Crippen LogP contribution in [0.1, 0.15) is 15.2 Å². The highest BCUT2D eigenvalue weighted by Crippen LogP contribution is 2.20. The van der Waals surface area contributed by atoms with Gasteiger partial charge in [0.05, 0.1) is 0 Å². The fourth-order valence-corrected chi connectivity index (χ4v) is 2.52. The highest BCUT2D eigenvalue weighted by atomic mass is 79.9. The highest BCUT2D eigenvalue weighted by Gasteiger charge is 2.00. The Morgan fingerprint density at radius 1 is 1.50 bits per heavy atom. The van der Waals surface area contributed by atoms with Gasteiger partial charge in [-0.1, -0.05) is 0 Å². The molecule has 80 valence electrons. The first-order valence-corrected chi connectivity index (χ1v) is 6.29. The number of hydrogen-bond acceptors (Lipinski definition) is 3. The third-order valence-corrected chi connectivity index (χ3v) is 3.59. The largest absolute Gasteiger partial charge is 0.289 e. The van der Waals surface area contributed by atoms with Crippen molar-refractivity contribution < 1.29 is 4.79 Å². The molecule has 0 spiro atoms. The van der Waals surface area contributed by atoms with Crippen LogP contribution in [0.5, 0.6) is 0 Å². The van der Waals surface area contributed by atoms with E-state index in [0.29, 0.717) is 5.56 Å². The van der Waals surface area contributed by atoms with Crippen molar-refractivity contribution in [3.8, 4) is 0 Å². The van der Waals surface area contributed by atoms with Gasteiger partial charge in [0.25, 0.3) is 0 Å². The Balaban J connectivity index is 2.11. The second-order valence-corrected chi connectivity index (χ2v) is 4.97. The van der Waals surface area contributed by atoms with Gasteiger partial charge in [-0.05, 0) is 46.3 Å². The zero-order valence-electron chi connectivity index (χ0n) is 8.26. The molecule has 0 N–H and O–H groups in total. The summed E-state index contributed by atoms with van der Waals surface area (Å²) in [5.41, 5.74) is 0.606. The van der Waals surface area contributed by atoms with Gasteiger partial charge < -0.3 is 0 Å². The summed E-state index contributed by atoms with van der Waals surface area (Å²) in [6, 6.07) is 5.48. The Morgan fingerprint density at radius 3 is 3.00 bits per heavy atom. The second-order valence-electron chi connectivity index (χ2n) is 3.11. The summed E-state index contributed by atoms with van der Waals surface area (Å²) in [5, 5.41) is 1.98. The van der Waals surface area contributed by atoms with Gasteiger partial charge in [0.1, 0.15) is 0 Å². The summed E-state index contributed by atoms with van der Waals surface area (Å²) in [6.07, 6.45) is 6.59. The number of ketones is 1. The molecule has 0 aromatic carbocycles. The fourth-order valence-electron chi connectivity index (χ4n) is 1.18. The number of pyridine rings is 1. The van der Waals surface area contributed by atoms with Crippen LogP contribution in [0.25, 0.3) is 6.08 Å². The van der Waals surface area contributed by atoms with Crippen molar-refractivity contribution in [3.05, 3.63) is 57.0 Å². The molecule has 2 aromatic heterocycles. The molecular weight excluding hydrogens is 286 g/mol. The summed E-state index contributed by atoms with van der Waals surface area (Å²) in [6.45, 7) is 0. The van der Waals surface area contributed by atoms with Gasteiger partial charge in [-0.3, -0.25) is 9.78 Å².